The molecule has 1 aromatic rings. The Morgan fingerprint density at radius 3 is 2.67 bits per heavy atom. The summed E-state index contributed by atoms with van der Waals surface area (Å²) < 4.78 is 38.1. The van der Waals surface area contributed by atoms with Crippen LogP contribution in [0.15, 0.2) is 41.0 Å². The first-order valence-electron chi connectivity index (χ1n) is 7.04. The number of rotatable bonds is 6. The minimum absolute atomic E-state index is 0.0329. The third-order valence-corrected chi connectivity index (χ3v) is 3.61. The SMILES string of the molecule is CC(NOC/C=C/Cl)c1ccc(C2=NOC(O)(C(F)(F)F)C2)cc1. The highest BCUT2D eigenvalue weighted by atomic mass is 35.5. The third kappa shape index (κ3) is 4.27. The van der Waals surface area contributed by atoms with Gasteiger partial charge in [0.05, 0.1) is 24.8 Å². The zero-order valence-electron chi connectivity index (χ0n) is 12.7. The highest BCUT2D eigenvalue weighted by molar-refractivity contribution is 6.25. The summed E-state index contributed by atoms with van der Waals surface area (Å²) in [7, 11) is 0. The number of aliphatic hydroxyl groups is 1. The van der Waals surface area contributed by atoms with Gasteiger partial charge < -0.3 is 9.94 Å². The number of halogens is 4. The number of alkyl halides is 3. The third-order valence-electron chi connectivity index (χ3n) is 3.43. The van der Waals surface area contributed by atoms with Gasteiger partial charge in [-0.25, -0.2) is 0 Å². The van der Waals surface area contributed by atoms with Crippen LogP contribution in [0, 0.1) is 0 Å². The molecular formula is C15H16ClF3N2O3. The summed E-state index contributed by atoms with van der Waals surface area (Å²) in [5.74, 6) is -3.26. The highest BCUT2D eigenvalue weighted by Gasteiger charge is 2.60. The second kappa shape index (κ2) is 7.52. The second-order valence-electron chi connectivity index (χ2n) is 5.22. The Morgan fingerprint density at radius 2 is 2.12 bits per heavy atom. The molecule has 0 aromatic heterocycles. The van der Waals surface area contributed by atoms with Crippen molar-refractivity contribution in [3.8, 4) is 0 Å². The fraction of sp³-hybridized carbons (Fsp3) is 0.400. The van der Waals surface area contributed by atoms with Crippen LogP contribution >= 0.6 is 11.6 Å². The predicted molar refractivity (Wildman–Crippen MR) is 82.2 cm³/mol. The topological polar surface area (TPSA) is 63.1 Å². The quantitative estimate of drug-likeness (QED) is 0.600. The first-order valence-corrected chi connectivity index (χ1v) is 7.47. The van der Waals surface area contributed by atoms with Crippen LogP contribution in [0.1, 0.15) is 30.5 Å². The maximum Gasteiger partial charge on any atom is 0.458 e. The van der Waals surface area contributed by atoms with E-state index in [1.165, 1.54) is 5.54 Å². The molecule has 1 aliphatic heterocycles. The molecule has 9 heteroatoms. The van der Waals surface area contributed by atoms with E-state index in [1.807, 2.05) is 6.92 Å². The summed E-state index contributed by atoms with van der Waals surface area (Å²) >= 11 is 5.36. The molecule has 0 aliphatic carbocycles. The van der Waals surface area contributed by atoms with Crippen LogP contribution in [0.3, 0.4) is 0 Å². The van der Waals surface area contributed by atoms with Gasteiger partial charge in [0.2, 0.25) is 0 Å². The zero-order chi connectivity index (χ0) is 17.8. The lowest BCUT2D eigenvalue weighted by Gasteiger charge is -2.22. The molecule has 2 unspecified atom stereocenters. The van der Waals surface area contributed by atoms with E-state index in [1.54, 1.807) is 30.3 Å². The summed E-state index contributed by atoms with van der Waals surface area (Å²) in [6.45, 7) is 2.16. The van der Waals surface area contributed by atoms with Crippen LogP contribution in [-0.2, 0) is 9.68 Å². The summed E-state index contributed by atoms with van der Waals surface area (Å²) in [5.41, 5.74) is 5.48. The van der Waals surface area contributed by atoms with E-state index in [9.17, 15) is 18.3 Å². The zero-order valence-corrected chi connectivity index (χ0v) is 13.4. The molecule has 0 saturated heterocycles. The van der Waals surface area contributed by atoms with Crippen molar-refractivity contribution in [3.05, 3.63) is 47.0 Å². The fourth-order valence-corrected chi connectivity index (χ4v) is 2.09. The van der Waals surface area contributed by atoms with Crippen LogP contribution in [0.5, 0.6) is 0 Å². The lowest BCUT2D eigenvalue weighted by atomic mass is 10.00. The van der Waals surface area contributed by atoms with E-state index < -0.39 is 18.4 Å². The van der Waals surface area contributed by atoms with E-state index in [0.717, 1.165) is 5.56 Å². The first kappa shape index (κ1) is 18.7. The number of hydrogen-bond acceptors (Lipinski definition) is 5. The van der Waals surface area contributed by atoms with Gasteiger partial charge >= 0.3 is 12.0 Å². The molecule has 24 heavy (non-hydrogen) atoms. The van der Waals surface area contributed by atoms with Gasteiger partial charge in [0.15, 0.2) is 0 Å². The van der Waals surface area contributed by atoms with Crippen molar-refractivity contribution in [2.45, 2.75) is 31.3 Å². The van der Waals surface area contributed by atoms with Crippen molar-refractivity contribution in [2.24, 2.45) is 5.16 Å². The van der Waals surface area contributed by atoms with Crippen molar-refractivity contribution in [2.75, 3.05) is 6.61 Å². The number of hydrogen-bond donors (Lipinski definition) is 2. The Balaban J connectivity index is 1.98. The van der Waals surface area contributed by atoms with E-state index in [0.29, 0.717) is 12.2 Å². The Bertz CT molecular complexity index is 619. The van der Waals surface area contributed by atoms with Gasteiger partial charge in [-0.2, -0.15) is 18.7 Å². The van der Waals surface area contributed by atoms with E-state index in [4.69, 9.17) is 16.4 Å². The summed E-state index contributed by atoms with van der Waals surface area (Å²) in [4.78, 5) is 9.36. The predicted octanol–water partition coefficient (Wildman–Crippen LogP) is 3.40. The smallest absolute Gasteiger partial charge is 0.350 e. The first-order chi connectivity index (χ1) is 11.3. The Hall–Kier alpha value is -1.61. The lowest BCUT2D eigenvalue weighted by Crippen LogP contribution is -2.45. The molecule has 2 rings (SSSR count). The average Bonchev–Trinajstić information content (AvgIpc) is 2.95. The number of nitrogens with zero attached hydrogens (tertiary/aromatic N) is 1. The molecule has 0 bridgehead atoms. The Morgan fingerprint density at radius 1 is 1.46 bits per heavy atom. The standard InChI is InChI=1S/C15H16ClF3N2O3/c1-10(20-23-8-2-7-16)11-3-5-12(6-4-11)13-9-14(22,24-21-13)15(17,18)19/h2-7,10,20,22H,8-9H2,1H3/b7-2+. The van der Waals surface area contributed by atoms with Crippen molar-refractivity contribution in [1.29, 1.82) is 0 Å². The molecule has 132 valence electrons. The van der Waals surface area contributed by atoms with Crippen LogP contribution in [0.4, 0.5) is 13.2 Å². The monoisotopic (exact) mass is 364 g/mol. The molecule has 1 aromatic carbocycles. The van der Waals surface area contributed by atoms with Gasteiger partial charge in [-0.1, -0.05) is 41.0 Å². The maximum absolute atomic E-state index is 12.7. The maximum atomic E-state index is 12.7. The normalized spacial score (nSPS) is 22.5. The van der Waals surface area contributed by atoms with Crippen LogP contribution < -0.4 is 5.48 Å². The molecule has 1 heterocycles. The van der Waals surface area contributed by atoms with Gasteiger partial charge in [-0.15, -0.1) is 0 Å². The summed E-state index contributed by atoms with van der Waals surface area (Å²) in [6, 6.07) is 6.52. The average molecular weight is 365 g/mol. The molecular weight excluding hydrogens is 349 g/mol. The molecule has 0 fully saturated rings. The lowest BCUT2D eigenvalue weighted by molar-refractivity contribution is -0.355. The Kier molecular flexibility index (Phi) is 5.87. The molecule has 0 radical (unpaired) electrons. The van der Waals surface area contributed by atoms with E-state index in [-0.39, 0.29) is 11.8 Å². The minimum atomic E-state index is -4.91. The number of hydroxylamine groups is 1. The summed E-state index contributed by atoms with van der Waals surface area (Å²) in [5, 5.41) is 12.8. The number of oxime groups is 1. The number of benzene rings is 1. The molecule has 2 N–H and O–H groups in total. The molecule has 2 atom stereocenters. The van der Waals surface area contributed by atoms with Gasteiger partial charge in [0.1, 0.15) is 0 Å². The van der Waals surface area contributed by atoms with E-state index in [2.05, 4.69) is 15.5 Å². The van der Waals surface area contributed by atoms with Gasteiger partial charge in [-0.05, 0) is 24.1 Å². The van der Waals surface area contributed by atoms with Crippen LogP contribution in [-0.4, -0.2) is 29.4 Å². The molecule has 5 nitrogen and oxygen atoms in total. The molecule has 0 amide bonds. The van der Waals surface area contributed by atoms with Crippen molar-refractivity contribution < 1.29 is 28.0 Å². The van der Waals surface area contributed by atoms with Crippen LogP contribution in [0.25, 0.3) is 0 Å². The number of nitrogens with one attached hydrogen (secondary N) is 1. The Labute approximate surface area is 141 Å². The van der Waals surface area contributed by atoms with E-state index >= 15 is 0 Å². The van der Waals surface area contributed by atoms with Gasteiger partial charge in [0.25, 0.3) is 0 Å². The fourth-order valence-electron chi connectivity index (χ4n) is 2.02. The van der Waals surface area contributed by atoms with Crippen LogP contribution in [0.2, 0.25) is 0 Å². The van der Waals surface area contributed by atoms with Crippen molar-refractivity contribution in [3.63, 3.8) is 0 Å². The molecule has 1 aliphatic rings. The van der Waals surface area contributed by atoms with Gasteiger partial charge in [0, 0.05) is 5.54 Å². The molecule has 0 spiro atoms. The largest absolute Gasteiger partial charge is 0.458 e. The second-order valence-corrected chi connectivity index (χ2v) is 5.47. The van der Waals surface area contributed by atoms with Crippen molar-refractivity contribution >= 4 is 17.3 Å². The molecule has 0 saturated carbocycles. The van der Waals surface area contributed by atoms with Crippen molar-refractivity contribution in [1.82, 2.24) is 5.48 Å². The minimum Gasteiger partial charge on any atom is -0.350 e. The summed E-state index contributed by atoms with van der Waals surface area (Å²) in [6.07, 6.45) is -4.05. The van der Waals surface area contributed by atoms with Gasteiger partial charge in [-0.3, -0.25) is 4.84 Å². The highest BCUT2D eigenvalue weighted by Crippen LogP contribution is 2.38.